The number of rotatable bonds is 6. The van der Waals surface area contributed by atoms with E-state index in [1.807, 2.05) is 18.4 Å². The summed E-state index contributed by atoms with van der Waals surface area (Å²) in [6.45, 7) is 7.54. The third-order valence-electron chi connectivity index (χ3n) is 3.53. The summed E-state index contributed by atoms with van der Waals surface area (Å²) in [6.07, 6.45) is 1.65. The smallest absolute Gasteiger partial charge is 0.339 e. The summed E-state index contributed by atoms with van der Waals surface area (Å²) in [6, 6.07) is 0.225. The molecule has 0 bridgehead atoms. The highest BCUT2D eigenvalue weighted by Gasteiger charge is 2.23. The Balaban J connectivity index is 2.16. The van der Waals surface area contributed by atoms with Gasteiger partial charge in [0.1, 0.15) is 6.33 Å². The number of thioether (sulfide) groups is 1. The first-order valence-electron chi connectivity index (χ1n) is 7.19. The molecule has 0 aliphatic rings. The Kier molecular flexibility index (Phi) is 5.25. The quantitative estimate of drug-likeness (QED) is 0.495. The number of nitrogens with one attached hydrogen (secondary N) is 1. The molecule has 1 N–H and O–H groups in total. The first-order valence-corrected chi connectivity index (χ1v) is 8.18. The van der Waals surface area contributed by atoms with Crippen LogP contribution in [0.5, 0.6) is 0 Å². The molecule has 0 aromatic carbocycles. The lowest BCUT2D eigenvalue weighted by molar-refractivity contribution is 0.0599. The maximum atomic E-state index is 12.5. The molecule has 8 heteroatoms. The van der Waals surface area contributed by atoms with Gasteiger partial charge in [0.25, 0.3) is 0 Å². The standard InChI is InChI=1S/C15H20N4O3S/c1-8(2)19-7-16-18-15(19)23-6-11(20)13-9(3)12(10(4)17-13)14(21)22-5/h7-8,17H,6H2,1-5H3. The number of carbonyl (C=O) groups excluding carboxylic acids is 2. The summed E-state index contributed by atoms with van der Waals surface area (Å²) in [4.78, 5) is 27.2. The number of aromatic nitrogens is 4. The van der Waals surface area contributed by atoms with Gasteiger partial charge in [0.05, 0.1) is 24.1 Å². The maximum absolute atomic E-state index is 12.5. The minimum absolute atomic E-state index is 0.0935. The summed E-state index contributed by atoms with van der Waals surface area (Å²) in [5.74, 6) is -0.320. The number of hydrogen-bond donors (Lipinski definition) is 1. The Bertz CT molecular complexity index is 733. The molecule has 124 valence electrons. The van der Waals surface area contributed by atoms with E-state index in [1.165, 1.54) is 18.9 Å². The number of aryl methyl sites for hydroxylation is 1. The van der Waals surface area contributed by atoms with Crippen LogP contribution >= 0.6 is 11.8 Å². The molecule has 0 spiro atoms. The largest absolute Gasteiger partial charge is 0.465 e. The van der Waals surface area contributed by atoms with Crippen molar-refractivity contribution in [2.75, 3.05) is 12.9 Å². The average molecular weight is 336 g/mol. The van der Waals surface area contributed by atoms with Crippen molar-refractivity contribution in [3.8, 4) is 0 Å². The number of carbonyl (C=O) groups is 2. The highest BCUT2D eigenvalue weighted by atomic mass is 32.2. The normalized spacial score (nSPS) is 11.0. The molecule has 0 fully saturated rings. The molecule has 0 atom stereocenters. The molecular weight excluding hydrogens is 316 g/mol. The fraction of sp³-hybridized carbons (Fsp3) is 0.467. The summed E-state index contributed by atoms with van der Waals surface area (Å²) in [5.41, 5.74) is 2.11. The molecule has 0 amide bonds. The van der Waals surface area contributed by atoms with Crippen molar-refractivity contribution in [3.63, 3.8) is 0 Å². The molecule has 0 saturated carbocycles. The number of hydrogen-bond acceptors (Lipinski definition) is 6. The van der Waals surface area contributed by atoms with Crippen LogP contribution in [-0.2, 0) is 4.74 Å². The van der Waals surface area contributed by atoms with Gasteiger partial charge in [-0.15, -0.1) is 10.2 Å². The van der Waals surface area contributed by atoms with Crippen LogP contribution in [0.1, 0.15) is 52.0 Å². The monoisotopic (exact) mass is 336 g/mol. The van der Waals surface area contributed by atoms with Crippen molar-refractivity contribution in [3.05, 3.63) is 28.8 Å². The zero-order chi connectivity index (χ0) is 17.1. The topological polar surface area (TPSA) is 89.9 Å². The SMILES string of the molecule is COC(=O)c1c(C)[nH]c(C(=O)CSc2nncn2C(C)C)c1C. The van der Waals surface area contributed by atoms with Crippen molar-refractivity contribution in [2.45, 2.75) is 38.9 Å². The highest BCUT2D eigenvalue weighted by Crippen LogP contribution is 2.23. The molecule has 2 rings (SSSR count). The summed E-state index contributed by atoms with van der Waals surface area (Å²) < 4.78 is 6.66. The van der Waals surface area contributed by atoms with Crippen LogP contribution < -0.4 is 0 Å². The predicted molar refractivity (Wildman–Crippen MR) is 87.1 cm³/mol. The lowest BCUT2D eigenvalue weighted by Crippen LogP contribution is -2.08. The first kappa shape index (κ1) is 17.3. The van der Waals surface area contributed by atoms with Gasteiger partial charge in [0.2, 0.25) is 0 Å². The molecule has 0 saturated heterocycles. The number of Topliss-reactive ketones (excluding diaryl/α,β-unsaturated/α-hetero) is 1. The summed E-state index contributed by atoms with van der Waals surface area (Å²) in [7, 11) is 1.32. The third-order valence-corrected chi connectivity index (χ3v) is 4.49. The Morgan fingerprint density at radius 2 is 2.09 bits per heavy atom. The van der Waals surface area contributed by atoms with Crippen LogP contribution in [0.4, 0.5) is 0 Å². The molecule has 0 aliphatic carbocycles. The minimum atomic E-state index is -0.442. The van der Waals surface area contributed by atoms with Crippen LogP contribution in [0, 0.1) is 13.8 Å². The fourth-order valence-electron chi connectivity index (χ4n) is 2.33. The number of ketones is 1. The van der Waals surface area contributed by atoms with E-state index in [2.05, 4.69) is 15.2 Å². The van der Waals surface area contributed by atoms with Crippen molar-refractivity contribution in [1.82, 2.24) is 19.7 Å². The van der Waals surface area contributed by atoms with Crippen LogP contribution in [0.2, 0.25) is 0 Å². The van der Waals surface area contributed by atoms with Crippen LogP contribution in [0.15, 0.2) is 11.5 Å². The van der Waals surface area contributed by atoms with Crippen LogP contribution in [0.25, 0.3) is 0 Å². The number of aromatic amines is 1. The second-order valence-corrected chi connectivity index (χ2v) is 6.39. The molecule has 23 heavy (non-hydrogen) atoms. The number of H-pyrrole nitrogens is 1. The van der Waals surface area contributed by atoms with E-state index in [4.69, 9.17) is 4.74 Å². The summed E-state index contributed by atoms with van der Waals surface area (Å²) >= 11 is 1.33. The Morgan fingerprint density at radius 1 is 1.39 bits per heavy atom. The fourth-order valence-corrected chi connectivity index (χ4v) is 3.25. The lowest BCUT2D eigenvalue weighted by atomic mass is 10.1. The van der Waals surface area contributed by atoms with E-state index in [1.54, 1.807) is 20.2 Å². The van der Waals surface area contributed by atoms with Gasteiger partial charge in [-0.2, -0.15) is 0 Å². The highest BCUT2D eigenvalue weighted by molar-refractivity contribution is 7.99. The van der Waals surface area contributed by atoms with Gasteiger partial charge in [0.15, 0.2) is 10.9 Å². The van der Waals surface area contributed by atoms with Crippen molar-refractivity contribution < 1.29 is 14.3 Å². The van der Waals surface area contributed by atoms with Gasteiger partial charge >= 0.3 is 5.97 Å². The predicted octanol–water partition coefficient (Wildman–Crippen LogP) is 2.57. The Hall–Kier alpha value is -2.09. The van der Waals surface area contributed by atoms with E-state index in [0.29, 0.717) is 27.7 Å². The Labute approximate surface area is 138 Å². The van der Waals surface area contributed by atoms with Crippen molar-refractivity contribution in [2.24, 2.45) is 0 Å². The van der Waals surface area contributed by atoms with E-state index >= 15 is 0 Å². The molecule has 0 aliphatic heterocycles. The van der Waals surface area contributed by atoms with Gasteiger partial charge in [-0.1, -0.05) is 11.8 Å². The van der Waals surface area contributed by atoms with Gasteiger partial charge in [-0.3, -0.25) is 4.79 Å². The molecule has 0 radical (unpaired) electrons. The van der Waals surface area contributed by atoms with Crippen LogP contribution in [-0.4, -0.2) is 44.4 Å². The lowest BCUT2D eigenvalue weighted by Gasteiger charge is -2.08. The van der Waals surface area contributed by atoms with Gasteiger partial charge in [-0.25, -0.2) is 4.79 Å². The van der Waals surface area contributed by atoms with E-state index in [0.717, 1.165) is 0 Å². The van der Waals surface area contributed by atoms with Gasteiger partial charge in [-0.05, 0) is 33.3 Å². The van der Waals surface area contributed by atoms with Gasteiger partial charge < -0.3 is 14.3 Å². The zero-order valence-corrected chi connectivity index (χ0v) is 14.7. The number of nitrogens with zero attached hydrogens (tertiary/aromatic N) is 3. The number of methoxy groups -OCH3 is 1. The molecule has 7 nitrogen and oxygen atoms in total. The second-order valence-electron chi connectivity index (χ2n) is 5.44. The Morgan fingerprint density at radius 3 is 2.70 bits per heavy atom. The second kappa shape index (κ2) is 6.99. The van der Waals surface area contributed by atoms with E-state index < -0.39 is 5.97 Å². The third kappa shape index (κ3) is 3.47. The maximum Gasteiger partial charge on any atom is 0.339 e. The average Bonchev–Trinajstić information content (AvgIpc) is 3.09. The number of esters is 1. The van der Waals surface area contributed by atoms with E-state index in [9.17, 15) is 9.59 Å². The van der Waals surface area contributed by atoms with Gasteiger partial charge in [0, 0.05) is 11.7 Å². The van der Waals surface area contributed by atoms with Crippen molar-refractivity contribution in [1.29, 1.82) is 0 Å². The van der Waals surface area contributed by atoms with Crippen LogP contribution in [0.3, 0.4) is 0 Å². The molecule has 2 aromatic rings. The molecular formula is C15H20N4O3S. The molecule has 0 unspecified atom stereocenters. The van der Waals surface area contributed by atoms with Crippen molar-refractivity contribution >= 4 is 23.5 Å². The first-order chi connectivity index (χ1) is 10.9. The molecule has 2 aromatic heterocycles. The zero-order valence-electron chi connectivity index (χ0n) is 13.8. The number of ether oxygens (including phenoxy) is 1. The summed E-state index contributed by atoms with van der Waals surface area (Å²) in [5, 5.41) is 8.60. The molecule has 2 heterocycles. The van der Waals surface area contributed by atoms with E-state index in [-0.39, 0.29) is 17.6 Å². The minimum Gasteiger partial charge on any atom is -0.465 e.